The molecular weight excluding hydrogens is 342 g/mol. The van der Waals surface area contributed by atoms with Crippen LogP contribution in [0.15, 0.2) is 36.9 Å². The monoisotopic (exact) mass is 363 g/mol. The van der Waals surface area contributed by atoms with Crippen molar-refractivity contribution in [2.45, 2.75) is 31.8 Å². The Morgan fingerprint density at radius 3 is 2.64 bits per heavy atom. The summed E-state index contributed by atoms with van der Waals surface area (Å²) in [6.07, 6.45) is 5.47. The Morgan fingerprint density at radius 1 is 1.32 bits per heavy atom. The van der Waals surface area contributed by atoms with E-state index in [2.05, 4.69) is 15.4 Å². The van der Waals surface area contributed by atoms with Crippen LogP contribution >= 0.6 is 0 Å². The molecule has 2 aromatic rings. The summed E-state index contributed by atoms with van der Waals surface area (Å²) in [5, 5.41) is 6.98. The Balaban J connectivity index is 1.67. The number of nitrogens with one attached hydrogen (secondary N) is 1. The number of amides is 1. The van der Waals surface area contributed by atoms with Crippen LogP contribution in [0.3, 0.4) is 0 Å². The molecule has 2 heterocycles. The fourth-order valence-corrected chi connectivity index (χ4v) is 4.17. The summed E-state index contributed by atoms with van der Waals surface area (Å²) in [6.45, 7) is 2.28. The zero-order chi connectivity index (χ0) is 18.0. The molecule has 1 aromatic carbocycles. The van der Waals surface area contributed by atoms with E-state index < -0.39 is 16.1 Å². The molecule has 2 atom stereocenters. The van der Waals surface area contributed by atoms with Crippen LogP contribution in [0.4, 0.5) is 0 Å². The van der Waals surface area contributed by atoms with Gasteiger partial charge in [-0.05, 0) is 37.5 Å². The molecule has 0 radical (unpaired) electrons. The second kappa shape index (κ2) is 6.93. The lowest BCUT2D eigenvalue weighted by Gasteiger charge is -2.23. The maximum atomic E-state index is 12.5. The number of carbonyl (C=O) groups excluding carboxylic acids is 1. The highest BCUT2D eigenvalue weighted by Crippen LogP contribution is 2.22. The largest absolute Gasteiger partial charge is 0.348 e. The minimum absolute atomic E-state index is 0.223. The predicted molar refractivity (Wildman–Crippen MR) is 92.5 cm³/mol. The highest BCUT2D eigenvalue weighted by molar-refractivity contribution is 7.88. The average molecular weight is 363 g/mol. The quantitative estimate of drug-likeness (QED) is 0.850. The van der Waals surface area contributed by atoms with Gasteiger partial charge in [-0.3, -0.25) is 4.79 Å². The molecule has 1 aromatic heterocycles. The van der Waals surface area contributed by atoms with Crippen LogP contribution in [0.25, 0.3) is 5.69 Å². The van der Waals surface area contributed by atoms with Crippen LogP contribution in [0, 0.1) is 0 Å². The van der Waals surface area contributed by atoms with Crippen molar-refractivity contribution in [1.29, 1.82) is 0 Å². The highest BCUT2D eigenvalue weighted by Gasteiger charge is 2.36. The number of nitrogens with zero attached hydrogens (tertiary/aromatic N) is 4. The maximum absolute atomic E-state index is 12.5. The lowest BCUT2D eigenvalue weighted by molar-refractivity contribution is -0.124. The molecule has 0 saturated carbocycles. The third-order valence-corrected chi connectivity index (χ3v) is 5.66. The average Bonchev–Trinajstić information content (AvgIpc) is 3.26. The van der Waals surface area contributed by atoms with E-state index in [1.807, 2.05) is 31.2 Å². The Morgan fingerprint density at radius 2 is 2.04 bits per heavy atom. The molecule has 1 saturated heterocycles. The number of sulfonamides is 1. The fourth-order valence-electron chi connectivity index (χ4n) is 3.05. The fraction of sp³-hybridized carbons (Fsp3) is 0.438. The van der Waals surface area contributed by atoms with E-state index in [0.29, 0.717) is 19.4 Å². The molecule has 1 aliphatic rings. The van der Waals surface area contributed by atoms with Gasteiger partial charge in [0.15, 0.2) is 0 Å². The first-order valence-electron chi connectivity index (χ1n) is 8.08. The molecule has 0 aliphatic carbocycles. The third-order valence-electron chi connectivity index (χ3n) is 4.37. The van der Waals surface area contributed by atoms with Gasteiger partial charge in [0.2, 0.25) is 15.9 Å². The number of aromatic nitrogens is 3. The first-order chi connectivity index (χ1) is 11.9. The van der Waals surface area contributed by atoms with Gasteiger partial charge in [0.05, 0.1) is 18.0 Å². The molecule has 8 nitrogen and oxygen atoms in total. The van der Waals surface area contributed by atoms with Crippen molar-refractivity contribution in [3.8, 4) is 5.69 Å². The van der Waals surface area contributed by atoms with Crippen molar-refractivity contribution < 1.29 is 13.2 Å². The summed E-state index contributed by atoms with van der Waals surface area (Å²) in [7, 11) is -3.37. The van der Waals surface area contributed by atoms with Crippen molar-refractivity contribution >= 4 is 15.9 Å². The number of rotatable bonds is 5. The first-order valence-corrected chi connectivity index (χ1v) is 9.93. The van der Waals surface area contributed by atoms with Crippen molar-refractivity contribution in [2.75, 3.05) is 12.8 Å². The minimum Gasteiger partial charge on any atom is -0.348 e. The molecular formula is C16H21N5O3S. The number of hydrogen-bond acceptors (Lipinski definition) is 5. The van der Waals surface area contributed by atoms with Crippen LogP contribution < -0.4 is 5.32 Å². The van der Waals surface area contributed by atoms with Crippen molar-refractivity contribution in [1.82, 2.24) is 24.4 Å². The van der Waals surface area contributed by atoms with Crippen LogP contribution in [-0.2, 0) is 14.8 Å². The lowest BCUT2D eigenvalue weighted by atomic mass is 10.1. The van der Waals surface area contributed by atoms with Gasteiger partial charge >= 0.3 is 0 Å². The summed E-state index contributed by atoms with van der Waals surface area (Å²) < 4.78 is 26.5. The van der Waals surface area contributed by atoms with Crippen LogP contribution in [-0.4, -0.2) is 52.2 Å². The highest BCUT2D eigenvalue weighted by atomic mass is 32.2. The summed E-state index contributed by atoms with van der Waals surface area (Å²) in [6, 6.07) is 6.76. The Labute approximate surface area is 146 Å². The number of carbonyl (C=O) groups is 1. The zero-order valence-electron chi connectivity index (χ0n) is 14.2. The first kappa shape index (κ1) is 17.6. The van der Waals surface area contributed by atoms with Gasteiger partial charge in [-0.25, -0.2) is 18.1 Å². The normalized spacial score (nSPS) is 19.7. The topological polar surface area (TPSA) is 97.2 Å². The Hall–Kier alpha value is -2.26. The van der Waals surface area contributed by atoms with E-state index in [0.717, 1.165) is 17.5 Å². The smallest absolute Gasteiger partial charge is 0.238 e. The van der Waals surface area contributed by atoms with E-state index >= 15 is 0 Å². The van der Waals surface area contributed by atoms with Gasteiger partial charge in [-0.2, -0.15) is 9.40 Å². The van der Waals surface area contributed by atoms with Crippen LogP contribution in [0.5, 0.6) is 0 Å². The van der Waals surface area contributed by atoms with Gasteiger partial charge in [0, 0.05) is 6.54 Å². The standard InChI is InChI=1S/C16H21N5O3S/c1-12(13-5-7-14(8-6-13)20-11-17-10-18-20)19-16(22)15-4-3-9-21(15)25(2,23)24/h5-8,10-12,15H,3-4,9H2,1-2H3,(H,19,22). The lowest BCUT2D eigenvalue weighted by Crippen LogP contribution is -2.46. The van der Waals surface area contributed by atoms with E-state index in [1.54, 1.807) is 11.0 Å². The van der Waals surface area contributed by atoms with Gasteiger partial charge in [0.25, 0.3) is 0 Å². The summed E-state index contributed by atoms with van der Waals surface area (Å²) >= 11 is 0. The second-order valence-electron chi connectivity index (χ2n) is 6.19. The number of benzene rings is 1. The summed E-state index contributed by atoms with van der Waals surface area (Å²) in [4.78, 5) is 16.4. The molecule has 134 valence electrons. The molecule has 1 amide bonds. The van der Waals surface area contributed by atoms with Gasteiger partial charge in [0.1, 0.15) is 18.7 Å². The van der Waals surface area contributed by atoms with Gasteiger partial charge in [-0.1, -0.05) is 12.1 Å². The van der Waals surface area contributed by atoms with E-state index in [9.17, 15) is 13.2 Å². The molecule has 0 bridgehead atoms. The molecule has 1 N–H and O–H groups in total. The molecule has 1 fully saturated rings. The van der Waals surface area contributed by atoms with E-state index in [4.69, 9.17) is 0 Å². The molecule has 2 unspecified atom stereocenters. The van der Waals surface area contributed by atoms with Gasteiger partial charge in [-0.15, -0.1) is 0 Å². The molecule has 9 heteroatoms. The third kappa shape index (κ3) is 3.88. The van der Waals surface area contributed by atoms with E-state index in [-0.39, 0.29) is 11.9 Å². The second-order valence-corrected chi connectivity index (χ2v) is 8.13. The summed E-state index contributed by atoms with van der Waals surface area (Å²) in [5.74, 6) is -0.254. The SMILES string of the molecule is CC(NC(=O)C1CCCN1S(C)(=O)=O)c1ccc(-n2cncn2)cc1. The minimum atomic E-state index is -3.37. The van der Waals surface area contributed by atoms with Crippen LogP contribution in [0.2, 0.25) is 0 Å². The van der Waals surface area contributed by atoms with Crippen LogP contribution in [0.1, 0.15) is 31.4 Å². The molecule has 3 rings (SSSR count). The maximum Gasteiger partial charge on any atom is 0.238 e. The predicted octanol–water partition coefficient (Wildman–Crippen LogP) is 0.868. The summed E-state index contributed by atoms with van der Waals surface area (Å²) in [5.41, 5.74) is 1.81. The molecule has 1 aliphatic heterocycles. The zero-order valence-corrected chi connectivity index (χ0v) is 15.0. The van der Waals surface area contributed by atoms with Gasteiger partial charge < -0.3 is 5.32 Å². The van der Waals surface area contributed by atoms with Crippen molar-refractivity contribution in [2.24, 2.45) is 0 Å². The Bertz CT molecular complexity index is 833. The van der Waals surface area contributed by atoms with E-state index in [1.165, 1.54) is 10.6 Å². The Kier molecular flexibility index (Phi) is 4.87. The molecule has 25 heavy (non-hydrogen) atoms. The number of hydrogen-bond donors (Lipinski definition) is 1. The molecule has 0 spiro atoms. The van der Waals surface area contributed by atoms with Crippen molar-refractivity contribution in [3.05, 3.63) is 42.5 Å². The van der Waals surface area contributed by atoms with Crippen molar-refractivity contribution in [3.63, 3.8) is 0 Å².